The van der Waals surface area contributed by atoms with E-state index in [0.29, 0.717) is 25.9 Å². The molecule has 3 N–H and O–H groups in total. The number of amides is 1. The Bertz CT molecular complexity index is 1470. The molecule has 0 aromatic heterocycles. The van der Waals surface area contributed by atoms with Crippen molar-refractivity contribution < 1.29 is 24.5 Å². The topological polar surface area (TPSA) is 95.9 Å². The fraction of sp³-hybridized carbons (Fsp3) is 0.956. The monoisotopic (exact) mass is 1350 g/mol. The highest BCUT2D eigenvalue weighted by Gasteiger charge is 2.20. The summed E-state index contributed by atoms with van der Waals surface area (Å²) < 4.78 is 5.52. The van der Waals surface area contributed by atoms with Crippen LogP contribution < -0.4 is 5.32 Å². The van der Waals surface area contributed by atoms with E-state index in [2.05, 4.69) is 31.3 Å². The van der Waals surface area contributed by atoms with Crippen molar-refractivity contribution in [1.29, 1.82) is 0 Å². The van der Waals surface area contributed by atoms with E-state index in [0.717, 1.165) is 38.5 Å². The number of carbonyl (C=O) groups is 2. The molecular formula is C90H177NO5. The molecule has 2 atom stereocenters. The maximum atomic E-state index is 12.6. The number of carbonyl (C=O) groups excluding carboxylic acids is 2. The normalized spacial score (nSPS) is 12.4. The van der Waals surface area contributed by atoms with E-state index in [1.165, 1.54) is 456 Å². The highest BCUT2D eigenvalue weighted by atomic mass is 16.5. The molecule has 0 aliphatic carbocycles. The van der Waals surface area contributed by atoms with E-state index in [4.69, 9.17) is 4.74 Å². The van der Waals surface area contributed by atoms with E-state index in [1.54, 1.807) is 0 Å². The standard InChI is InChI=1S/C90H177NO5/c1-3-5-7-9-11-13-15-17-19-21-22-23-24-38-41-44-47-51-54-58-62-66-70-74-78-82-88(93)87(86-92)91-89(94)83-79-75-71-67-63-59-55-52-48-45-42-39-36-34-32-30-28-26-25-27-29-31-33-35-37-40-43-46-49-53-57-61-65-69-73-77-81-85-96-90(95)84-80-76-72-68-64-60-56-50-20-18-16-14-12-10-8-6-4-2/h25,27,87-88,92-93H,3-24,26,28-86H2,1-2H3,(H,91,94)/b27-25-. The van der Waals surface area contributed by atoms with Gasteiger partial charge in [-0.2, -0.15) is 0 Å². The highest BCUT2D eigenvalue weighted by Crippen LogP contribution is 2.21. The molecule has 0 spiro atoms. The Balaban J connectivity index is 3.32. The van der Waals surface area contributed by atoms with Crippen LogP contribution >= 0.6 is 0 Å². The van der Waals surface area contributed by atoms with Crippen molar-refractivity contribution in [2.45, 2.75) is 540 Å². The number of hydrogen-bond acceptors (Lipinski definition) is 5. The summed E-state index contributed by atoms with van der Waals surface area (Å²) in [6, 6.07) is -0.540. The van der Waals surface area contributed by atoms with E-state index in [-0.39, 0.29) is 18.5 Å². The van der Waals surface area contributed by atoms with Gasteiger partial charge in [-0.1, -0.05) is 475 Å². The maximum absolute atomic E-state index is 12.6. The highest BCUT2D eigenvalue weighted by molar-refractivity contribution is 5.76. The molecule has 6 heteroatoms. The summed E-state index contributed by atoms with van der Waals surface area (Å²) >= 11 is 0. The summed E-state index contributed by atoms with van der Waals surface area (Å²) in [4.78, 5) is 24.7. The van der Waals surface area contributed by atoms with Crippen LogP contribution in [-0.4, -0.2) is 47.4 Å². The van der Waals surface area contributed by atoms with Gasteiger partial charge < -0.3 is 20.3 Å². The third kappa shape index (κ3) is 81.6. The van der Waals surface area contributed by atoms with Gasteiger partial charge in [0.15, 0.2) is 0 Å². The summed E-state index contributed by atoms with van der Waals surface area (Å²) in [5.74, 6) is 0.00301. The van der Waals surface area contributed by atoms with Gasteiger partial charge in [-0.05, 0) is 51.4 Å². The zero-order valence-corrected chi connectivity index (χ0v) is 65.9. The fourth-order valence-electron chi connectivity index (χ4n) is 14.8. The smallest absolute Gasteiger partial charge is 0.305 e. The molecule has 0 fully saturated rings. The molecule has 0 radical (unpaired) electrons. The molecular weight excluding hydrogens is 1170 g/mol. The molecule has 0 saturated heterocycles. The average Bonchev–Trinajstić information content (AvgIpc) is 3.49. The van der Waals surface area contributed by atoms with Gasteiger partial charge in [-0.3, -0.25) is 9.59 Å². The number of nitrogens with one attached hydrogen (secondary N) is 1. The lowest BCUT2D eigenvalue weighted by atomic mass is 10.0. The van der Waals surface area contributed by atoms with Gasteiger partial charge in [-0.15, -0.1) is 0 Å². The van der Waals surface area contributed by atoms with Gasteiger partial charge in [0.1, 0.15) is 0 Å². The van der Waals surface area contributed by atoms with E-state index in [9.17, 15) is 19.8 Å². The van der Waals surface area contributed by atoms with Crippen LogP contribution in [0.25, 0.3) is 0 Å². The van der Waals surface area contributed by atoms with Crippen LogP contribution in [0.5, 0.6) is 0 Å². The number of aliphatic hydroxyl groups excluding tert-OH is 2. The number of unbranched alkanes of at least 4 members (excludes halogenated alkanes) is 73. The second-order valence-electron chi connectivity index (χ2n) is 31.3. The first kappa shape index (κ1) is 94.6. The zero-order chi connectivity index (χ0) is 69.1. The number of allylic oxidation sites excluding steroid dienone is 2. The number of esters is 1. The lowest BCUT2D eigenvalue weighted by Gasteiger charge is -2.22. The first-order valence-corrected chi connectivity index (χ1v) is 44.9. The van der Waals surface area contributed by atoms with Crippen molar-refractivity contribution in [2.24, 2.45) is 0 Å². The third-order valence-electron chi connectivity index (χ3n) is 21.6. The van der Waals surface area contributed by atoms with Gasteiger partial charge in [0, 0.05) is 12.8 Å². The Morgan fingerprint density at radius 3 is 0.740 bits per heavy atom. The number of hydrogen-bond donors (Lipinski definition) is 3. The average molecular weight is 1350 g/mol. The molecule has 0 aromatic rings. The quantitative estimate of drug-likeness (QED) is 0.0320. The predicted molar refractivity (Wildman–Crippen MR) is 426 cm³/mol. The first-order valence-electron chi connectivity index (χ1n) is 44.9. The summed E-state index contributed by atoms with van der Waals surface area (Å²) in [6.07, 6.45) is 111. The van der Waals surface area contributed by atoms with Gasteiger partial charge >= 0.3 is 5.97 Å². The molecule has 96 heavy (non-hydrogen) atoms. The largest absolute Gasteiger partial charge is 0.466 e. The summed E-state index contributed by atoms with van der Waals surface area (Å²) in [7, 11) is 0. The first-order chi connectivity index (χ1) is 47.5. The van der Waals surface area contributed by atoms with Crippen LogP contribution in [0.4, 0.5) is 0 Å². The second-order valence-corrected chi connectivity index (χ2v) is 31.3. The van der Waals surface area contributed by atoms with Gasteiger partial charge in [0.2, 0.25) is 5.91 Å². The van der Waals surface area contributed by atoms with Crippen molar-refractivity contribution in [1.82, 2.24) is 5.32 Å². The molecule has 2 unspecified atom stereocenters. The van der Waals surface area contributed by atoms with Crippen molar-refractivity contribution >= 4 is 11.9 Å². The van der Waals surface area contributed by atoms with E-state index < -0.39 is 12.1 Å². The molecule has 0 saturated carbocycles. The number of rotatable bonds is 86. The minimum absolute atomic E-state index is 0.0240. The van der Waals surface area contributed by atoms with Crippen LogP contribution in [0.1, 0.15) is 528 Å². The third-order valence-corrected chi connectivity index (χ3v) is 21.6. The van der Waals surface area contributed by atoms with Gasteiger partial charge in [0.25, 0.3) is 0 Å². The summed E-state index contributed by atoms with van der Waals surface area (Å²) in [5.41, 5.74) is 0. The van der Waals surface area contributed by atoms with Crippen molar-refractivity contribution in [2.75, 3.05) is 13.2 Å². The van der Waals surface area contributed by atoms with Crippen LogP contribution in [0.15, 0.2) is 12.2 Å². The molecule has 0 aliphatic heterocycles. The molecule has 0 bridgehead atoms. The minimum atomic E-state index is -0.663. The minimum Gasteiger partial charge on any atom is -0.466 e. The molecule has 0 aromatic carbocycles. The molecule has 572 valence electrons. The Labute approximate surface area is 603 Å². The van der Waals surface area contributed by atoms with Crippen LogP contribution in [-0.2, 0) is 14.3 Å². The Morgan fingerprint density at radius 1 is 0.281 bits per heavy atom. The van der Waals surface area contributed by atoms with Crippen LogP contribution in [0, 0.1) is 0 Å². The van der Waals surface area contributed by atoms with Crippen molar-refractivity contribution in [3.8, 4) is 0 Å². The Hall–Kier alpha value is -1.40. The van der Waals surface area contributed by atoms with Crippen molar-refractivity contribution in [3.05, 3.63) is 12.2 Å². The Kier molecular flexibility index (Phi) is 84.8. The summed E-state index contributed by atoms with van der Waals surface area (Å²) in [5, 5.41) is 23.5. The second kappa shape index (κ2) is 86.0. The number of aliphatic hydroxyl groups is 2. The van der Waals surface area contributed by atoms with E-state index >= 15 is 0 Å². The summed E-state index contributed by atoms with van der Waals surface area (Å²) in [6.45, 7) is 5.03. The van der Waals surface area contributed by atoms with E-state index in [1.807, 2.05) is 0 Å². The molecule has 6 nitrogen and oxygen atoms in total. The maximum Gasteiger partial charge on any atom is 0.305 e. The fourth-order valence-corrected chi connectivity index (χ4v) is 14.8. The van der Waals surface area contributed by atoms with Crippen LogP contribution in [0.2, 0.25) is 0 Å². The SMILES string of the molecule is CCCCCCCCCCCCCCCCCCCCCCCCCCCC(O)C(CO)NC(=O)CCCCCCCCCCCCCCCCCCC/C=C\CCCCCCCCCCCCCCCCCCOC(=O)CCCCCCCCCCCCCCCCCCC. The molecule has 0 rings (SSSR count). The van der Waals surface area contributed by atoms with Gasteiger partial charge in [0.05, 0.1) is 25.4 Å². The predicted octanol–water partition coefficient (Wildman–Crippen LogP) is 30.2. The Morgan fingerprint density at radius 2 is 0.490 bits per heavy atom. The molecule has 0 aliphatic rings. The molecule has 1 amide bonds. The lowest BCUT2D eigenvalue weighted by Crippen LogP contribution is -2.45. The van der Waals surface area contributed by atoms with Gasteiger partial charge in [-0.25, -0.2) is 0 Å². The van der Waals surface area contributed by atoms with Crippen LogP contribution in [0.3, 0.4) is 0 Å². The lowest BCUT2D eigenvalue weighted by molar-refractivity contribution is -0.143. The van der Waals surface area contributed by atoms with Crippen molar-refractivity contribution in [3.63, 3.8) is 0 Å². The number of ether oxygens (including phenoxy) is 1. The zero-order valence-electron chi connectivity index (χ0n) is 65.9. The molecule has 0 heterocycles.